The molecule has 1 heterocycles. The van der Waals surface area contributed by atoms with E-state index in [0.29, 0.717) is 13.1 Å². The van der Waals surface area contributed by atoms with Crippen LogP contribution in [-0.4, -0.2) is 35.8 Å². The van der Waals surface area contributed by atoms with Gasteiger partial charge < -0.3 is 10.6 Å². The van der Waals surface area contributed by atoms with Gasteiger partial charge in [0.05, 0.1) is 12.2 Å². The van der Waals surface area contributed by atoms with Gasteiger partial charge in [-0.15, -0.1) is 12.4 Å². The van der Waals surface area contributed by atoms with Crippen LogP contribution >= 0.6 is 12.4 Å². The summed E-state index contributed by atoms with van der Waals surface area (Å²) in [5, 5.41) is 10.0. The summed E-state index contributed by atoms with van der Waals surface area (Å²) >= 11 is 0. The van der Waals surface area contributed by atoms with E-state index < -0.39 is 0 Å². The molecule has 0 aromatic carbocycles. The summed E-state index contributed by atoms with van der Waals surface area (Å²) in [6, 6.07) is 2.06. The Balaban J connectivity index is 0.00000256. The van der Waals surface area contributed by atoms with E-state index >= 15 is 0 Å². The second-order valence-corrected chi connectivity index (χ2v) is 3.88. The van der Waals surface area contributed by atoms with E-state index in [0.717, 1.165) is 18.7 Å². The van der Waals surface area contributed by atoms with Crippen LogP contribution in [-0.2, 0) is 11.3 Å². The van der Waals surface area contributed by atoms with Crippen LogP contribution in [0.1, 0.15) is 17.8 Å². The van der Waals surface area contributed by atoms with Gasteiger partial charge in [0, 0.05) is 18.8 Å². The highest BCUT2D eigenvalue weighted by atomic mass is 35.5. The smallest absolute Gasteiger partial charge is 0.233 e. The van der Waals surface area contributed by atoms with Gasteiger partial charge >= 0.3 is 0 Å². The van der Waals surface area contributed by atoms with Crippen molar-refractivity contribution in [3.63, 3.8) is 0 Å². The summed E-state index contributed by atoms with van der Waals surface area (Å²) in [5.74, 6) is 0.0378. The summed E-state index contributed by atoms with van der Waals surface area (Å²) in [7, 11) is 1.76. The molecule has 0 bridgehead atoms. The predicted molar refractivity (Wildman–Crippen MR) is 70.5 cm³/mol. The fourth-order valence-electron chi connectivity index (χ4n) is 1.58. The third-order valence-electron chi connectivity index (χ3n) is 2.31. The van der Waals surface area contributed by atoms with Crippen LogP contribution in [0.3, 0.4) is 0 Å². The number of likely N-dealkylation sites (N-methyl/N-ethyl adjacent to an activating group) is 1. The molecule has 0 atom stereocenters. The van der Waals surface area contributed by atoms with Crippen LogP contribution < -0.4 is 10.6 Å². The summed E-state index contributed by atoms with van der Waals surface area (Å²) in [6.07, 6.45) is 0.900. The lowest BCUT2D eigenvalue weighted by Gasteiger charge is -2.06. The Morgan fingerprint density at radius 1 is 1.47 bits per heavy atom. The maximum Gasteiger partial charge on any atom is 0.233 e. The van der Waals surface area contributed by atoms with Gasteiger partial charge in [-0.3, -0.25) is 9.48 Å². The number of aromatic nitrogens is 2. The first-order valence-electron chi connectivity index (χ1n) is 5.56. The fraction of sp³-hybridized carbons (Fsp3) is 0.636. The summed E-state index contributed by atoms with van der Waals surface area (Å²) in [4.78, 5) is 11.1. The van der Waals surface area contributed by atoms with Crippen molar-refractivity contribution in [1.29, 1.82) is 0 Å². The number of nitrogens with zero attached hydrogens (tertiary/aromatic N) is 2. The Morgan fingerprint density at radius 2 is 2.18 bits per heavy atom. The largest absolute Gasteiger partial charge is 0.355 e. The number of hydrogen-bond donors (Lipinski definition) is 2. The molecule has 0 fully saturated rings. The second-order valence-electron chi connectivity index (χ2n) is 3.88. The Morgan fingerprint density at radius 3 is 2.71 bits per heavy atom. The molecule has 2 N–H and O–H groups in total. The lowest BCUT2D eigenvalue weighted by molar-refractivity contribution is -0.120. The molecule has 6 heteroatoms. The van der Waals surface area contributed by atoms with Gasteiger partial charge in [-0.05, 0) is 33.4 Å². The van der Waals surface area contributed by atoms with Gasteiger partial charge in [-0.2, -0.15) is 5.10 Å². The molecule has 1 amide bonds. The summed E-state index contributed by atoms with van der Waals surface area (Å²) in [6.45, 7) is 5.94. The van der Waals surface area contributed by atoms with E-state index in [9.17, 15) is 4.79 Å². The van der Waals surface area contributed by atoms with E-state index in [2.05, 4.69) is 21.8 Å². The minimum absolute atomic E-state index is 0. The molecule has 0 aliphatic rings. The van der Waals surface area contributed by atoms with Crippen LogP contribution in [0.25, 0.3) is 0 Å². The van der Waals surface area contributed by atoms with E-state index in [4.69, 9.17) is 0 Å². The zero-order valence-corrected chi connectivity index (χ0v) is 11.4. The molecule has 1 aromatic rings. The Kier molecular flexibility index (Phi) is 7.58. The van der Waals surface area contributed by atoms with Crippen molar-refractivity contribution in [2.75, 3.05) is 20.1 Å². The first-order valence-corrected chi connectivity index (χ1v) is 5.56. The molecular weight excluding hydrogens is 240 g/mol. The molecule has 0 aliphatic heterocycles. The molecule has 0 spiro atoms. The van der Waals surface area contributed by atoms with Crippen molar-refractivity contribution < 1.29 is 4.79 Å². The zero-order valence-electron chi connectivity index (χ0n) is 10.6. The highest BCUT2D eigenvalue weighted by molar-refractivity contribution is 5.85. The number of carbonyl (C=O) groups is 1. The average Bonchev–Trinajstić information content (AvgIpc) is 2.53. The standard InChI is InChI=1S/C11H20N4O.ClH/c1-9-7-10(2)15(14-9)6-4-5-13-11(16)8-12-3;/h7,12H,4-6,8H2,1-3H3,(H,13,16);1H. The lowest BCUT2D eigenvalue weighted by atomic mass is 10.4. The minimum atomic E-state index is 0. The number of aryl methyl sites for hydroxylation is 3. The van der Waals surface area contributed by atoms with E-state index in [1.807, 2.05) is 18.5 Å². The Hall–Kier alpha value is -1.07. The van der Waals surface area contributed by atoms with Crippen molar-refractivity contribution in [3.8, 4) is 0 Å². The summed E-state index contributed by atoms with van der Waals surface area (Å²) < 4.78 is 1.97. The van der Waals surface area contributed by atoms with Crippen molar-refractivity contribution in [3.05, 3.63) is 17.5 Å². The first-order chi connectivity index (χ1) is 7.63. The van der Waals surface area contributed by atoms with Crippen LogP contribution in [0.5, 0.6) is 0 Å². The molecule has 0 saturated carbocycles. The number of hydrogen-bond acceptors (Lipinski definition) is 3. The van der Waals surface area contributed by atoms with Crippen molar-refractivity contribution >= 4 is 18.3 Å². The van der Waals surface area contributed by atoms with Crippen LogP contribution in [0.15, 0.2) is 6.07 Å². The van der Waals surface area contributed by atoms with E-state index in [1.54, 1.807) is 7.05 Å². The molecule has 0 radical (unpaired) electrons. The Bertz CT molecular complexity index is 351. The van der Waals surface area contributed by atoms with Gasteiger partial charge in [0.25, 0.3) is 0 Å². The summed E-state index contributed by atoms with van der Waals surface area (Å²) in [5.41, 5.74) is 2.20. The molecule has 1 rings (SSSR count). The highest BCUT2D eigenvalue weighted by Gasteiger charge is 2.01. The number of rotatable bonds is 6. The molecule has 0 saturated heterocycles. The van der Waals surface area contributed by atoms with Gasteiger partial charge in [0.15, 0.2) is 0 Å². The molecule has 5 nitrogen and oxygen atoms in total. The topological polar surface area (TPSA) is 59.0 Å². The zero-order chi connectivity index (χ0) is 12.0. The second kappa shape index (κ2) is 8.08. The average molecular weight is 261 g/mol. The van der Waals surface area contributed by atoms with Gasteiger partial charge in [-0.1, -0.05) is 0 Å². The molecule has 17 heavy (non-hydrogen) atoms. The highest BCUT2D eigenvalue weighted by Crippen LogP contribution is 2.01. The van der Waals surface area contributed by atoms with Crippen molar-refractivity contribution in [2.24, 2.45) is 0 Å². The SMILES string of the molecule is CNCC(=O)NCCCn1nc(C)cc1C.Cl. The molecule has 98 valence electrons. The third kappa shape index (κ3) is 5.70. The molecule has 0 aliphatic carbocycles. The van der Waals surface area contributed by atoms with Gasteiger partial charge in [0.1, 0.15) is 0 Å². The van der Waals surface area contributed by atoms with Crippen LogP contribution in [0, 0.1) is 13.8 Å². The van der Waals surface area contributed by atoms with Crippen LogP contribution in [0.4, 0.5) is 0 Å². The molecule has 1 aromatic heterocycles. The van der Waals surface area contributed by atoms with Gasteiger partial charge in [-0.25, -0.2) is 0 Å². The van der Waals surface area contributed by atoms with E-state index in [-0.39, 0.29) is 18.3 Å². The minimum Gasteiger partial charge on any atom is -0.355 e. The maximum atomic E-state index is 11.1. The van der Waals surface area contributed by atoms with E-state index in [1.165, 1.54) is 5.69 Å². The lowest BCUT2D eigenvalue weighted by Crippen LogP contribution is -2.33. The number of nitrogens with one attached hydrogen (secondary N) is 2. The fourth-order valence-corrected chi connectivity index (χ4v) is 1.58. The normalized spacial score (nSPS) is 9.82. The Labute approximate surface area is 108 Å². The molecular formula is C11H21ClN4O. The number of amides is 1. The quantitative estimate of drug-likeness (QED) is 0.739. The monoisotopic (exact) mass is 260 g/mol. The number of halogens is 1. The third-order valence-corrected chi connectivity index (χ3v) is 2.31. The maximum absolute atomic E-state index is 11.1. The van der Waals surface area contributed by atoms with Crippen molar-refractivity contribution in [2.45, 2.75) is 26.8 Å². The van der Waals surface area contributed by atoms with Crippen LogP contribution in [0.2, 0.25) is 0 Å². The first kappa shape index (κ1) is 15.9. The van der Waals surface area contributed by atoms with Crippen molar-refractivity contribution in [1.82, 2.24) is 20.4 Å². The number of carbonyl (C=O) groups excluding carboxylic acids is 1. The predicted octanol–water partition coefficient (Wildman–Crippen LogP) is 0.647. The van der Waals surface area contributed by atoms with Gasteiger partial charge in [0.2, 0.25) is 5.91 Å². The molecule has 0 unspecified atom stereocenters.